The highest BCUT2D eigenvalue weighted by atomic mass is 33.1. The van der Waals surface area contributed by atoms with Crippen LogP contribution in [0.1, 0.15) is 137 Å². The van der Waals surface area contributed by atoms with Gasteiger partial charge in [-0.05, 0) is 137 Å². The molecule has 0 aliphatic heterocycles. The lowest BCUT2D eigenvalue weighted by Gasteiger charge is -2.43. The van der Waals surface area contributed by atoms with Gasteiger partial charge >= 0.3 is 17.6 Å². The van der Waals surface area contributed by atoms with Gasteiger partial charge in [-0.25, -0.2) is 0 Å². The number of rotatable bonds is 15. The van der Waals surface area contributed by atoms with Gasteiger partial charge in [0.2, 0.25) is 0 Å². The van der Waals surface area contributed by atoms with E-state index in [0.29, 0.717) is 0 Å². The first-order valence-electron chi connectivity index (χ1n) is 14.9. The van der Waals surface area contributed by atoms with Crippen LogP contribution in [0.5, 0.6) is 0 Å². The fourth-order valence-electron chi connectivity index (χ4n) is 4.04. The van der Waals surface area contributed by atoms with Crippen molar-refractivity contribution in [2.75, 3.05) is 11.5 Å². The molecule has 0 N–H and O–H groups in total. The molecule has 0 saturated carbocycles. The van der Waals surface area contributed by atoms with Gasteiger partial charge < -0.3 is 26.6 Å². The Hall–Kier alpha value is 0.894. The van der Waals surface area contributed by atoms with Gasteiger partial charge in [-0.3, -0.25) is 0 Å². The minimum atomic E-state index is -2.94. The third-order valence-corrected chi connectivity index (χ3v) is 14.3. The molecule has 0 spiro atoms. The summed E-state index contributed by atoms with van der Waals surface area (Å²) >= 11 is 0. The van der Waals surface area contributed by atoms with Crippen LogP contribution in [0.15, 0.2) is 0 Å². The predicted molar refractivity (Wildman–Crippen MR) is 180 cm³/mol. The van der Waals surface area contributed by atoms with Gasteiger partial charge in [0, 0.05) is 23.6 Å². The Kier molecular flexibility index (Phi) is 15.6. The molecule has 0 saturated heterocycles. The molecule has 0 bridgehead atoms. The normalized spacial score (nSPS) is 15.2. The molecule has 0 aromatic heterocycles. The molecule has 0 aromatic rings. The van der Waals surface area contributed by atoms with Crippen LogP contribution in [0.2, 0.25) is 12.1 Å². The molecule has 0 unspecified atom stereocenters. The molecular formula is C30H66O6S2Si2. The van der Waals surface area contributed by atoms with E-state index in [1.54, 1.807) is 0 Å². The lowest BCUT2D eigenvalue weighted by Crippen LogP contribution is -2.57. The summed E-state index contributed by atoms with van der Waals surface area (Å²) in [6.07, 6.45) is 1.94. The first-order valence-corrected chi connectivity index (χ1v) is 21.3. The van der Waals surface area contributed by atoms with Crippen molar-refractivity contribution >= 4 is 39.2 Å². The quantitative estimate of drug-likeness (QED) is 0.0994. The van der Waals surface area contributed by atoms with Crippen LogP contribution in [-0.4, -0.2) is 62.7 Å². The van der Waals surface area contributed by atoms with E-state index in [9.17, 15) is 0 Å². The van der Waals surface area contributed by atoms with Crippen molar-refractivity contribution in [3.63, 3.8) is 0 Å². The molecular weight excluding hydrogens is 577 g/mol. The van der Waals surface area contributed by atoms with E-state index in [-0.39, 0.29) is 33.6 Å². The second-order valence-corrected chi connectivity index (χ2v) is 24.2. The van der Waals surface area contributed by atoms with E-state index in [1.165, 1.54) is 0 Å². The Balaban J connectivity index is 5.25. The fraction of sp³-hybridized carbons (Fsp3) is 1.00. The maximum atomic E-state index is 6.62. The topological polar surface area (TPSA) is 55.4 Å². The third-order valence-electron chi connectivity index (χ3n) is 4.27. The fourth-order valence-corrected chi connectivity index (χ4v) is 14.4. The molecule has 0 radical (unpaired) electrons. The molecule has 10 heteroatoms. The zero-order valence-electron chi connectivity index (χ0n) is 29.5. The zero-order chi connectivity index (χ0) is 31.9. The Labute approximate surface area is 259 Å². The SMILES string of the molecule is CC(C)(C)O[Si](CCCSSCCC[Si](OC(C)(C)C)(OC(C)(C)C)OC(C)(C)C)(OC(C)(C)C)OC(C)(C)C. The summed E-state index contributed by atoms with van der Waals surface area (Å²) < 4.78 is 39.7. The molecule has 6 nitrogen and oxygen atoms in total. The summed E-state index contributed by atoms with van der Waals surface area (Å²) in [5.41, 5.74) is -2.08. The standard InChI is InChI=1S/C30H66O6S2Si2/c1-25(2,3)31-39(32-26(4,5)6,33-27(7,8)9)23-19-21-37-38-22-20-24-40(34-28(10,11)12,35-29(13,14)15)36-30(16,17)18/h19-24H2,1-18H3. The van der Waals surface area contributed by atoms with Gasteiger partial charge in [-0.2, -0.15) is 0 Å². The lowest BCUT2D eigenvalue weighted by molar-refractivity contribution is -0.0769. The first kappa shape index (κ1) is 40.9. The van der Waals surface area contributed by atoms with Gasteiger partial charge in [0.1, 0.15) is 0 Å². The van der Waals surface area contributed by atoms with Crippen molar-refractivity contribution in [2.24, 2.45) is 0 Å². The molecule has 0 fully saturated rings. The summed E-state index contributed by atoms with van der Waals surface area (Å²) in [5.74, 6) is 2.01. The second kappa shape index (κ2) is 15.3. The molecule has 0 amide bonds. The van der Waals surface area contributed by atoms with Gasteiger partial charge in [-0.1, -0.05) is 21.6 Å². The summed E-state index contributed by atoms with van der Waals surface area (Å²) in [6.45, 7) is 37.4. The summed E-state index contributed by atoms with van der Waals surface area (Å²) in [4.78, 5) is 0. The maximum absolute atomic E-state index is 6.62. The van der Waals surface area contributed by atoms with E-state index >= 15 is 0 Å². The van der Waals surface area contributed by atoms with Crippen LogP contribution >= 0.6 is 21.6 Å². The smallest absolute Gasteiger partial charge is 0.368 e. The first-order chi connectivity index (χ1) is 17.4. The van der Waals surface area contributed by atoms with Crippen LogP contribution < -0.4 is 0 Å². The minimum absolute atomic E-state index is 0.347. The van der Waals surface area contributed by atoms with Crippen molar-refractivity contribution < 1.29 is 26.6 Å². The molecule has 0 atom stereocenters. The monoisotopic (exact) mass is 642 g/mol. The van der Waals surface area contributed by atoms with E-state index in [2.05, 4.69) is 125 Å². The van der Waals surface area contributed by atoms with Crippen molar-refractivity contribution in [1.82, 2.24) is 0 Å². The Bertz CT molecular complexity index is 580. The Morgan fingerprint density at radius 2 is 0.525 bits per heavy atom. The van der Waals surface area contributed by atoms with E-state index < -0.39 is 17.6 Å². The second-order valence-electron chi connectivity index (χ2n) is 16.5. The van der Waals surface area contributed by atoms with Crippen molar-refractivity contribution in [3.05, 3.63) is 0 Å². The van der Waals surface area contributed by atoms with Crippen LogP contribution in [0.4, 0.5) is 0 Å². The zero-order valence-corrected chi connectivity index (χ0v) is 33.1. The Morgan fingerprint density at radius 1 is 0.350 bits per heavy atom. The molecule has 0 aromatic carbocycles. The highest BCUT2D eigenvalue weighted by Crippen LogP contribution is 2.36. The lowest BCUT2D eigenvalue weighted by atomic mass is 10.2. The van der Waals surface area contributed by atoms with Gasteiger partial charge in [-0.15, -0.1) is 0 Å². The van der Waals surface area contributed by atoms with E-state index in [4.69, 9.17) is 26.6 Å². The van der Waals surface area contributed by atoms with Gasteiger partial charge in [0.25, 0.3) is 0 Å². The van der Waals surface area contributed by atoms with Crippen LogP contribution in [0, 0.1) is 0 Å². The molecule has 0 aliphatic rings. The maximum Gasteiger partial charge on any atom is 0.502 e. The summed E-state index contributed by atoms with van der Waals surface area (Å²) in [6, 6.07) is 1.58. The van der Waals surface area contributed by atoms with Gasteiger partial charge in [0.15, 0.2) is 0 Å². The number of hydrogen-bond acceptors (Lipinski definition) is 8. The van der Waals surface area contributed by atoms with Gasteiger partial charge in [0.05, 0.1) is 33.6 Å². The average molecular weight is 643 g/mol. The molecule has 40 heavy (non-hydrogen) atoms. The Morgan fingerprint density at radius 3 is 0.675 bits per heavy atom. The predicted octanol–water partition coefficient (Wildman–Crippen LogP) is 9.92. The van der Waals surface area contributed by atoms with Crippen LogP contribution in [0.3, 0.4) is 0 Å². The average Bonchev–Trinajstić information content (AvgIpc) is 2.54. The van der Waals surface area contributed by atoms with Crippen LogP contribution in [0.25, 0.3) is 0 Å². The minimum Gasteiger partial charge on any atom is -0.368 e. The number of hydrogen-bond donors (Lipinski definition) is 0. The highest BCUT2D eigenvalue weighted by Gasteiger charge is 2.51. The van der Waals surface area contributed by atoms with Crippen molar-refractivity contribution in [3.8, 4) is 0 Å². The molecule has 0 aliphatic carbocycles. The summed E-state index contributed by atoms with van der Waals surface area (Å²) in [7, 11) is -2.07. The van der Waals surface area contributed by atoms with Crippen LogP contribution in [-0.2, 0) is 26.6 Å². The summed E-state index contributed by atoms with van der Waals surface area (Å²) in [5, 5.41) is 0. The molecule has 0 heterocycles. The molecule has 242 valence electrons. The van der Waals surface area contributed by atoms with Crippen molar-refractivity contribution in [2.45, 2.75) is 183 Å². The third kappa shape index (κ3) is 22.4. The van der Waals surface area contributed by atoms with E-state index in [0.717, 1.165) is 36.4 Å². The van der Waals surface area contributed by atoms with Crippen molar-refractivity contribution in [1.29, 1.82) is 0 Å². The largest absolute Gasteiger partial charge is 0.502 e. The highest BCUT2D eigenvalue weighted by molar-refractivity contribution is 8.76. The molecule has 0 rings (SSSR count). The van der Waals surface area contributed by atoms with E-state index in [1.807, 2.05) is 21.6 Å².